The molecule has 3 nitrogen and oxygen atoms in total. The van der Waals surface area contributed by atoms with Crippen molar-refractivity contribution < 1.29 is 14.6 Å². The van der Waals surface area contributed by atoms with E-state index < -0.39 is 20.0 Å². The fraction of sp³-hybridized carbons (Fsp3) is 0.824. The molecule has 3 unspecified atom stereocenters. The molecule has 0 bridgehead atoms. The first-order valence-electron chi connectivity index (χ1n) is 15.6. The summed E-state index contributed by atoms with van der Waals surface area (Å²) in [6.07, 6.45) is 13.7. The van der Waals surface area contributed by atoms with E-state index in [-0.39, 0.29) is 22.5 Å². The SMILES string of the molecule is C=C1CC[C@H](O[Si](C)(C)C(C)(C)C)CC1=CC(O)C1(O)CCC[C@@]2(C)C1CC[C@@H]2[C@H](C)/C=C/[C@H](C)C(C)C. The molecule has 3 aliphatic rings. The largest absolute Gasteiger partial charge is 0.414 e. The molecule has 0 aromatic rings. The van der Waals surface area contributed by atoms with Gasteiger partial charge in [0.2, 0.25) is 0 Å². The highest BCUT2D eigenvalue weighted by atomic mass is 28.4. The second-order valence-electron chi connectivity index (χ2n) is 15.4. The molecule has 0 aliphatic heterocycles. The van der Waals surface area contributed by atoms with Crippen LogP contribution in [0.1, 0.15) is 107 Å². The number of hydrogen-bond donors (Lipinski definition) is 2. The summed E-state index contributed by atoms with van der Waals surface area (Å²) in [5, 5.41) is 24.0. The van der Waals surface area contributed by atoms with Gasteiger partial charge in [-0.05, 0) is 116 Å². The Labute approximate surface area is 236 Å². The van der Waals surface area contributed by atoms with E-state index in [0.29, 0.717) is 30.1 Å². The molecule has 3 rings (SSSR count). The lowest BCUT2D eigenvalue weighted by molar-refractivity contribution is -0.155. The molecule has 0 radical (unpaired) electrons. The lowest BCUT2D eigenvalue weighted by Crippen LogP contribution is -2.56. The highest BCUT2D eigenvalue weighted by Crippen LogP contribution is 2.61. The Morgan fingerprint density at radius 2 is 1.71 bits per heavy atom. The van der Waals surface area contributed by atoms with E-state index >= 15 is 0 Å². The zero-order valence-corrected chi connectivity index (χ0v) is 27.4. The molecule has 0 aromatic carbocycles. The number of hydrogen-bond acceptors (Lipinski definition) is 3. The quantitative estimate of drug-likeness (QED) is 0.237. The summed E-state index contributed by atoms with van der Waals surface area (Å²) < 4.78 is 6.76. The third-order valence-corrected chi connectivity index (χ3v) is 16.1. The highest BCUT2D eigenvalue weighted by molar-refractivity contribution is 6.74. The second kappa shape index (κ2) is 11.7. The Bertz CT molecular complexity index is 896. The van der Waals surface area contributed by atoms with Gasteiger partial charge in [0.1, 0.15) is 6.10 Å². The molecule has 0 amide bonds. The number of fused-ring (bicyclic) bond motifs is 1. The van der Waals surface area contributed by atoms with Crippen molar-refractivity contribution in [3.05, 3.63) is 36.0 Å². The van der Waals surface area contributed by atoms with Crippen molar-refractivity contribution >= 4 is 8.32 Å². The summed E-state index contributed by atoms with van der Waals surface area (Å²) in [5.74, 6) is 2.37. The monoisotopic (exact) mass is 544 g/mol. The fourth-order valence-corrected chi connectivity index (χ4v) is 8.89. The van der Waals surface area contributed by atoms with Gasteiger partial charge in [0.25, 0.3) is 0 Å². The number of allylic oxidation sites excluding steroid dienone is 3. The van der Waals surface area contributed by atoms with Gasteiger partial charge in [-0.25, -0.2) is 0 Å². The molecule has 8 atom stereocenters. The maximum atomic E-state index is 12.2. The van der Waals surface area contributed by atoms with E-state index in [2.05, 4.69) is 87.2 Å². The lowest BCUT2D eigenvalue weighted by atomic mass is 9.56. The molecule has 0 spiro atoms. The molecule has 4 heteroatoms. The van der Waals surface area contributed by atoms with Crippen LogP contribution in [0.4, 0.5) is 0 Å². The van der Waals surface area contributed by atoms with Crippen LogP contribution in [0.25, 0.3) is 0 Å². The van der Waals surface area contributed by atoms with Crippen molar-refractivity contribution in [1.82, 2.24) is 0 Å². The van der Waals surface area contributed by atoms with Gasteiger partial charge in [0.05, 0.1) is 5.60 Å². The van der Waals surface area contributed by atoms with Gasteiger partial charge in [0.15, 0.2) is 8.32 Å². The molecular formula is C34H60O3Si. The predicted molar refractivity (Wildman–Crippen MR) is 165 cm³/mol. The zero-order chi connectivity index (χ0) is 28.7. The minimum Gasteiger partial charge on any atom is -0.414 e. The lowest BCUT2D eigenvalue weighted by Gasteiger charge is -2.52. The first-order chi connectivity index (χ1) is 17.4. The van der Waals surface area contributed by atoms with Gasteiger partial charge in [-0.3, -0.25) is 0 Å². The first-order valence-corrected chi connectivity index (χ1v) is 18.5. The molecule has 218 valence electrons. The third kappa shape index (κ3) is 6.45. The summed E-state index contributed by atoms with van der Waals surface area (Å²) in [7, 11) is -1.87. The van der Waals surface area contributed by atoms with Crippen LogP contribution in [0, 0.1) is 35.0 Å². The molecule has 0 aromatic heterocycles. The van der Waals surface area contributed by atoms with Crippen LogP contribution in [0.3, 0.4) is 0 Å². The number of aliphatic hydroxyl groups is 2. The number of aliphatic hydroxyl groups excluding tert-OH is 1. The maximum Gasteiger partial charge on any atom is 0.192 e. The Kier molecular flexibility index (Phi) is 9.77. The summed E-state index contributed by atoms with van der Waals surface area (Å²) in [6, 6.07) is 0. The smallest absolute Gasteiger partial charge is 0.192 e. The Balaban J connectivity index is 1.78. The van der Waals surface area contributed by atoms with Crippen molar-refractivity contribution in [2.24, 2.45) is 35.0 Å². The molecule has 0 heterocycles. The van der Waals surface area contributed by atoms with Crippen LogP contribution in [0.5, 0.6) is 0 Å². The van der Waals surface area contributed by atoms with Crippen molar-refractivity contribution in [3.63, 3.8) is 0 Å². The maximum absolute atomic E-state index is 12.2. The zero-order valence-electron chi connectivity index (χ0n) is 26.4. The molecule has 2 N–H and O–H groups in total. The van der Waals surface area contributed by atoms with Gasteiger partial charge in [-0.15, -0.1) is 0 Å². The minimum atomic E-state index is -1.87. The molecule has 3 saturated carbocycles. The van der Waals surface area contributed by atoms with Crippen LogP contribution < -0.4 is 0 Å². The van der Waals surface area contributed by atoms with Gasteiger partial charge >= 0.3 is 0 Å². The van der Waals surface area contributed by atoms with E-state index in [4.69, 9.17) is 4.43 Å². The Hall–Kier alpha value is -0.683. The average Bonchev–Trinajstić information content (AvgIpc) is 3.16. The molecular weight excluding hydrogens is 484 g/mol. The topological polar surface area (TPSA) is 49.7 Å². The van der Waals surface area contributed by atoms with Crippen molar-refractivity contribution in [2.45, 2.75) is 143 Å². The van der Waals surface area contributed by atoms with Crippen LogP contribution in [-0.2, 0) is 4.43 Å². The first kappa shape index (κ1) is 31.8. The Morgan fingerprint density at radius 3 is 2.32 bits per heavy atom. The van der Waals surface area contributed by atoms with E-state index in [9.17, 15) is 10.2 Å². The molecule has 0 saturated heterocycles. The van der Waals surface area contributed by atoms with Gasteiger partial charge < -0.3 is 14.6 Å². The van der Waals surface area contributed by atoms with Gasteiger partial charge in [0, 0.05) is 6.10 Å². The average molecular weight is 545 g/mol. The van der Waals surface area contributed by atoms with Crippen LogP contribution in [0.2, 0.25) is 18.1 Å². The Morgan fingerprint density at radius 1 is 1.05 bits per heavy atom. The standard InChI is InChI=1S/C34H60O3Si/c1-23(2)24(3)13-14-26(5)29-17-18-30-33(29,9)19-12-20-34(30,36)31(35)22-27-21-28(16-15-25(27)4)37-38(10,11)32(6,7)8/h13-14,22-24,26,28-31,35-36H,4,12,15-21H2,1-3,5-11H3/b14-13+,27-22?/t24-,26+,28-,29+,30?,31?,33+,34?/m0/s1. The van der Waals surface area contributed by atoms with Gasteiger partial charge in [-0.2, -0.15) is 0 Å². The molecule has 3 aliphatic carbocycles. The van der Waals surface area contributed by atoms with E-state index in [1.165, 1.54) is 0 Å². The predicted octanol–water partition coefficient (Wildman–Crippen LogP) is 8.84. The normalized spacial score (nSPS) is 36.6. The second-order valence-corrected chi connectivity index (χ2v) is 20.2. The molecule has 38 heavy (non-hydrogen) atoms. The summed E-state index contributed by atoms with van der Waals surface area (Å²) >= 11 is 0. The third-order valence-electron chi connectivity index (χ3n) is 11.5. The van der Waals surface area contributed by atoms with Crippen LogP contribution in [-0.4, -0.2) is 36.3 Å². The van der Waals surface area contributed by atoms with Crippen LogP contribution in [0.15, 0.2) is 36.0 Å². The van der Waals surface area contributed by atoms with E-state index in [1.54, 1.807) is 0 Å². The highest BCUT2D eigenvalue weighted by Gasteiger charge is 2.59. The fourth-order valence-electron chi connectivity index (χ4n) is 7.50. The summed E-state index contributed by atoms with van der Waals surface area (Å²) in [6.45, 7) is 27.5. The minimum absolute atomic E-state index is 0.0505. The van der Waals surface area contributed by atoms with Crippen LogP contribution >= 0.6 is 0 Å². The van der Waals surface area contributed by atoms with E-state index in [0.717, 1.165) is 56.1 Å². The summed E-state index contributed by atoms with van der Waals surface area (Å²) in [4.78, 5) is 0. The van der Waals surface area contributed by atoms with E-state index in [1.807, 2.05) is 6.08 Å². The van der Waals surface area contributed by atoms with Crippen molar-refractivity contribution in [1.29, 1.82) is 0 Å². The molecule has 3 fully saturated rings. The van der Waals surface area contributed by atoms with Gasteiger partial charge in [-0.1, -0.05) is 79.7 Å². The number of rotatable bonds is 8. The van der Waals surface area contributed by atoms with Crippen molar-refractivity contribution in [2.75, 3.05) is 0 Å². The summed E-state index contributed by atoms with van der Waals surface area (Å²) in [5.41, 5.74) is 1.18. The van der Waals surface area contributed by atoms with Crippen molar-refractivity contribution in [3.8, 4) is 0 Å².